The van der Waals surface area contributed by atoms with Crippen LogP contribution in [0.25, 0.3) is 0 Å². The topological polar surface area (TPSA) is 75.7 Å². The highest BCUT2D eigenvalue weighted by Crippen LogP contribution is 2.26. The van der Waals surface area contributed by atoms with E-state index < -0.39 is 10.0 Å². The lowest BCUT2D eigenvalue weighted by Gasteiger charge is -2.19. The van der Waals surface area contributed by atoms with Crippen LogP contribution >= 0.6 is 11.6 Å². The fourth-order valence-corrected chi connectivity index (χ4v) is 4.58. The summed E-state index contributed by atoms with van der Waals surface area (Å²) in [6, 6.07) is 16.7. The fraction of sp³-hybridized carbons (Fsp3) is 0.208. The number of hydrogen-bond acceptors (Lipinski definition) is 4. The van der Waals surface area contributed by atoms with Crippen molar-refractivity contribution in [2.24, 2.45) is 0 Å². The second kappa shape index (κ2) is 9.73. The minimum absolute atomic E-state index is 0.0266. The van der Waals surface area contributed by atoms with E-state index in [1.807, 2.05) is 32.0 Å². The van der Waals surface area contributed by atoms with Crippen molar-refractivity contribution >= 4 is 33.2 Å². The number of methoxy groups -OCH3 is 1. The summed E-state index contributed by atoms with van der Waals surface area (Å²) in [6.45, 7) is 3.94. The summed E-state index contributed by atoms with van der Waals surface area (Å²) < 4.78 is 32.5. The molecule has 1 amide bonds. The summed E-state index contributed by atoms with van der Waals surface area (Å²) in [5.41, 5.74) is 3.76. The van der Waals surface area contributed by atoms with Crippen LogP contribution in [0.4, 0.5) is 5.69 Å². The minimum atomic E-state index is -3.75. The summed E-state index contributed by atoms with van der Waals surface area (Å²) in [4.78, 5) is 13.0. The lowest BCUT2D eigenvalue weighted by atomic mass is 10.1. The van der Waals surface area contributed by atoms with Crippen LogP contribution in [0.15, 0.2) is 65.6 Å². The van der Waals surface area contributed by atoms with Gasteiger partial charge in [0.15, 0.2) is 0 Å². The van der Waals surface area contributed by atoms with Gasteiger partial charge in [-0.05, 0) is 67.9 Å². The SMILES string of the molecule is COc1ccc(C(=O)Nc2ccc(C)cc2C)cc1CN(C)S(=O)(=O)c1ccc(Cl)cc1. The molecule has 0 saturated heterocycles. The standard InChI is InChI=1S/C24H25ClN2O4S/c1-16-5-11-22(17(2)13-16)26-24(28)18-6-12-23(31-4)19(14-18)15-27(3)32(29,30)21-9-7-20(25)8-10-21/h5-14H,15H2,1-4H3,(H,26,28). The number of nitrogens with zero attached hydrogens (tertiary/aromatic N) is 1. The molecular weight excluding hydrogens is 448 g/mol. The number of amides is 1. The predicted octanol–water partition coefficient (Wildman–Crippen LogP) is 5.04. The maximum absolute atomic E-state index is 12.9. The van der Waals surface area contributed by atoms with Gasteiger partial charge in [0.25, 0.3) is 5.91 Å². The summed E-state index contributed by atoms with van der Waals surface area (Å²) in [7, 11) is -0.772. The number of nitrogens with one attached hydrogen (secondary N) is 1. The molecular formula is C24H25ClN2O4S. The Labute approximate surface area is 193 Å². The predicted molar refractivity (Wildman–Crippen MR) is 127 cm³/mol. The van der Waals surface area contributed by atoms with Gasteiger partial charge in [-0.2, -0.15) is 4.31 Å². The zero-order chi connectivity index (χ0) is 23.5. The van der Waals surface area contributed by atoms with Crippen LogP contribution in [0.3, 0.4) is 0 Å². The Bertz CT molecular complexity index is 1240. The quantitative estimate of drug-likeness (QED) is 0.522. The summed E-state index contributed by atoms with van der Waals surface area (Å²) in [5.74, 6) is 0.204. The van der Waals surface area contributed by atoms with Crippen molar-refractivity contribution in [2.75, 3.05) is 19.5 Å². The fourth-order valence-electron chi connectivity index (χ4n) is 3.30. The molecule has 0 aliphatic rings. The number of aryl methyl sites for hydroxylation is 2. The van der Waals surface area contributed by atoms with E-state index in [9.17, 15) is 13.2 Å². The van der Waals surface area contributed by atoms with E-state index in [2.05, 4.69) is 5.32 Å². The number of sulfonamides is 1. The van der Waals surface area contributed by atoms with Crippen LogP contribution in [0.2, 0.25) is 5.02 Å². The van der Waals surface area contributed by atoms with Gasteiger partial charge in [-0.1, -0.05) is 29.3 Å². The smallest absolute Gasteiger partial charge is 0.255 e. The third-order valence-corrected chi connectivity index (χ3v) is 7.16. The molecule has 0 bridgehead atoms. The number of benzene rings is 3. The van der Waals surface area contributed by atoms with Crippen molar-refractivity contribution < 1.29 is 17.9 Å². The molecule has 32 heavy (non-hydrogen) atoms. The monoisotopic (exact) mass is 472 g/mol. The maximum atomic E-state index is 12.9. The molecule has 0 aliphatic carbocycles. The lowest BCUT2D eigenvalue weighted by molar-refractivity contribution is 0.102. The molecule has 3 aromatic rings. The summed E-state index contributed by atoms with van der Waals surface area (Å²) in [6.07, 6.45) is 0. The third kappa shape index (κ3) is 5.30. The van der Waals surface area contributed by atoms with Crippen molar-refractivity contribution in [3.63, 3.8) is 0 Å². The molecule has 0 aliphatic heterocycles. The van der Waals surface area contributed by atoms with E-state index >= 15 is 0 Å². The molecule has 0 heterocycles. The van der Waals surface area contributed by atoms with E-state index in [4.69, 9.17) is 16.3 Å². The van der Waals surface area contributed by atoms with Crippen LogP contribution in [-0.4, -0.2) is 32.8 Å². The lowest BCUT2D eigenvalue weighted by Crippen LogP contribution is -2.27. The Kier molecular flexibility index (Phi) is 7.23. The van der Waals surface area contributed by atoms with Gasteiger partial charge in [-0.3, -0.25) is 4.79 Å². The molecule has 1 N–H and O–H groups in total. The van der Waals surface area contributed by atoms with E-state index in [1.165, 1.54) is 42.7 Å². The third-order valence-electron chi connectivity index (χ3n) is 5.09. The summed E-state index contributed by atoms with van der Waals surface area (Å²) in [5, 5.41) is 3.36. The number of carbonyl (C=O) groups is 1. The highest BCUT2D eigenvalue weighted by Gasteiger charge is 2.23. The zero-order valence-electron chi connectivity index (χ0n) is 18.3. The van der Waals surface area contributed by atoms with Gasteiger partial charge in [0.1, 0.15) is 5.75 Å². The number of hydrogen-bond donors (Lipinski definition) is 1. The van der Waals surface area contributed by atoms with Gasteiger partial charge >= 0.3 is 0 Å². The Morgan fingerprint density at radius 3 is 2.34 bits per heavy atom. The number of ether oxygens (including phenoxy) is 1. The van der Waals surface area contributed by atoms with E-state index in [1.54, 1.807) is 18.2 Å². The number of halogens is 1. The second-order valence-electron chi connectivity index (χ2n) is 7.51. The molecule has 0 fully saturated rings. The van der Waals surface area contributed by atoms with Crippen molar-refractivity contribution in [2.45, 2.75) is 25.3 Å². The first-order valence-corrected chi connectivity index (χ1v) is 11.7. The highest BCUT2D eigenvalue weighted by molar-refractivity contribution is 7.89. The Hall–Kier alpha value is -2.87. The number of carbonyl (C=O) groups excluding carboxylic acids is 1. The van der Waals surface area contributed by atoms with Crippen LogP contribution in [-0.2, 0) is 16.6 Å². The van der Waals surface area contributed by atoms with Crippen LogP contribution in [0, 0.1) is 13.8 Å². The van der Waals surface area contributed by atoms with Crippen molar-refractivity contribution in [1.29, 1.82) is 0 Å². The molecule has 0 spiro atoms. The van der Waals surface area contributed by atoms with E-state index in [-0.39, 0.29) is 17.3 Å². The first-order chi connectivity index (χ1) is 15.1. The summed E-state index contributed by atoms with van der Waals surface area (Å²) >= 11 is 5.87. The molecule has 6 nitrogen and oxygen atoms in total. The van der Waals surface area contributed by atoms with Crippen molar-refractivity contribution in [1.82, 2.24) is 4.31 Å². The molecule has 8 heteroatoms. The van der Waals surface area contributed by atoms with Crippen LogP contribution < -0.4 is 10.1 Å². The second-order valence-corrected chi connectivity index (χ2v) is 10.00. The molecule has 168 valence electrons. The van der Waals surface area contributed by atoms with Gasteiger partial charge in [-0.15, -0.1) is 0 Å². The van der Waals surface area contributed by atoms with Gasteiger partial charge in [-0.25, -0.2) is 8.42 Å². The van der Waals surface area contributed by atoms with Crippen molar-refractivity contribution in [3.8, 4) is 5.75 Å². The Morgan fingerprint density at radius 2 is 1.72 bits per heavy atom. The normalized spacial score (nSPS) is 11.4. The van der Waals surface area contributed by atoms with Gasteiger partial charge in [0.2, 0.25) is 10.0 Å². The highest BCUT2D eigenvalue weighted by atomic mass is 35.5. The van der Waals surface area contributed by atoms with Crippen LogP contribution in [0.5, 0.6) is 5.75 Å². The first-order valence-electron chi connectivity index (χ1n) is 9.89. The molecule has 0 atom stereocenters. The molecule has 0 unspecified atom stereocenters. The average molecular weight is 473 g/mol. The van der Waals surface area contributed by atoms with E-state index in [0.29, 0.717) is 21.9 Å². The maximum Gasteiger partial charge on any atom is 0.255 e. The van der Waals surface area contributed by atoms with Crippen LogP contribution in [0.1, 0.15) is 27.0 Å². The molecule has 0 aromatic heterocycles. The molecule has 0 radical (unpaired) electrons. The zero-order valence-corrected chi connectivity index (χ0v) is 19.9. The van der Waals surface area contributed by atoms with Gasteiger partial charge in [0.05, 0.1) is 12.0 Å². The molecule has 3 aromatic carbocycles. The molecule has 3 rings (SSSR count). The Morgan fingerprint density at radius 1 is 1.03 bits per heavy atom. The average Bonchev–Trinajstić information content (AvgIpc) is 2.75. The van der Waals surface area contributed by atoms with Gasteiger partial charge < -0.3 is 10.1 Å². The minimum Gasteiger partial charge on any atom is -0.496 e. The van der Waals surface area contributed by atoms with E-state index in [0.717, 1.165) is 16.8 Å². The van der Waals surface area contributed by atoms with Gasteiger partial charge in [0, 0.05) is 35.4 Å². The largest absolute Gasteiger partial charge is 0.496 e. The Balaban J connectivity index is 1.85. The number of rotatable bonds is 7. The number of anilines is 1. The first kappa shape index (κ1) is 23.8. The van der Waals surface area contributed by atoms with Crippen molar-refractivity contribution in [3.05, 3.63) is 87.9 Å². The molecule has 0 saturated carbocycles.